The summed E-state index contributed by atoms with van der Waals surface area (Å²) in [6, 6.07) is -2.86. The van der Waals surface area contributed by atoms with Gasteiger partial charge in [-0.1, -0.05) is 61.4 Å². The second kappa shape index (κ2) is 14.3. The van der Waals surface area contributed by atoms with E-state index >= 15 is 0 Å². The molecule has 4 N–H and O–H groups in total. The fraction of sp³-hybridized carbons (Fsp3) is 0.625. The summed E-state index contributed by atoms with van der Waals surface area (Å²) < 4.78 is 5.65. The van der Waals surface area contributed by atoms with Crippen LogP contribution in [0.5, 0.6) is 0 Å². The van der Waals surface area contributed by atoms with Gasteiger partial charge in [0.15, 0.2) is 0 Å². The largest absolute Gasteiger partial charge is 0.456 e. The Hall–Kier alpha value is -2.47. The highest BCUT2D eigenvalue weighted by Crippen LogP contribution is 2.24. The quantitative estimate of drug-likeness (QED) is 0.178. The van der Waals surface area contributed by atoms with E-state index in [0.717, 1.165) is 0 Å². The van der Waals surface area contributed by atoms with Crippen molar-refractivity contribution >= 4 is 51.2 Å². The Bertz CT molecular complexity index is 905. The van der Waals surface area contributed by atoms with Gasteiger partial charge < -0.3 is 26.0 Å². The molecule has 0 aromatic heterocycles. The van der Waals surface area contributed by atoms with Crippen molar-refractivity contribution in [2.75, 3.05) is 11.5 Å². The molecular formula is C24H36N4O6S2. The first-order chi connectivity index (χ1) is 17.0. The summed E-state index contributed by atoms with van der Waals surface area (Å²) in [7, 11) is 2.95. The van der Waals surface area contributed by atoms with E-state index in [0.29, 0.717) is 12.2 Å². The third-order valence-electron chi connectivity index (χ3n) is 5.59. The number of ether oxygens (including phenoxy) is 1. The van der Waals surface area contributed by atoms with Crippen molar-refractivity contribution in [3.8, 4) is 0 Å². The fourth-order valence-corrected chi connectivity index (χ4v) is 5.66. The summed E-state index contributed by atoms with van der Waals surface area (Å²) in [4.78, 5) is 65.2. The SMILES string of the molecule is C/C=C1\NC(=O)[C@H]2CSSCC/C=C/[C@H](CC(=O)NC(C(C)C)C(=O)N2)OC(=O)C(C(C)C)NC1=O. The molecule has 0 spiro atoms. The third kappa shape index (κ3) is 8.88. The molecule has 200 valence electrons. The van der Waals surface area contributed by atoms with Gasteiger partial charge in [-0.2, -0.15) is 0 Å². The summed E-state index contributed by atoms with van der Waals surface area (Å²) in [5, 5.41) is 10.7. The normalized spacial score (nSPS) is 29.6. The van der Waals surface area contributed by atoms with E-state index in [4.69, 9.17) is 4.74 Å². The highest BCUT2D eigenvalue weighted by molar-refractivity contribution is 8.76. The highest BCUT2D eigenvalue weighted by Gasteiger charge is 2.33. The first kappa shape index (κ1) is 29.8. The van der Waals surface area contributed by atoms with Crippen LogP contribution in [0.25, 0.3) is 0 Å². The van der Waals surface area contributed by atoms with Gasteiger partial charge in [-0.15, -0.1) is 0 Å². The summed E-state index contributed by atoms with van der Waals surface area (Å²) in [5.74, 6) is -2.54. The molecule has 12 heteroatoms. The van der Waals surface area contributed by atoms with Crippen LogP contribution in [0.3, 0.4) is 0 Å². The molecule has 0 radical (unpaired) electrons. The lowest BCUT2D eigenvalue weighted by Gasteiger charge is -2.27. The Labute approximate surface area is 220 Å². The fourth-order valence-electron chi connectivity index (χ4n) is 3.50. The lowest BCUT2D eigenvalue weighted by Crippen LogP contribution is -2.57. The van der Waals surface area contributed by atoms with Gasteiger partial charge in [-0.25, -0.2) is 4.79 Å². The van der Waals surface area contributed by atoms with Crippen molar-refractivity contribution in [2.24, 2.45) is 11.8 Å². The maximum absolute atomic E-state index is 13.2. The van der Waals surface area contributed by atoms with E-state index in [1.807, 2.05) is 6.08 Å². The van der Waals surface area contributed by atoms with E-state index in [9.17, 15) is 24.0 Å². The molecule has 0 saturated carbocycles. The van der Waals surface area contributed by atoms with Gasteiger partial charge >= 0.3 is 5.97 Å². The number of carbonyl (C=O) groups excluding carboxylic acids is 5. The summed E-state index contributed by atoms with van der Waals surface area (Å²) in [6.07, 6.45) is 4.51. The maximum atomic E-state index is 13.2. The maximum Gasteiger partial charge on any atom is 0.329 e. The van der Waals surface area contributed by atoms with Crippen LogP contribution in [0.4, 0.5) is 0 Å². The first-order valence-electron chi connectivity index (χ1n) is 12.0. The van der Waals surface area contributed by atoms with Crippen molar-refractivity contribution in [3.63, 3.8) is 0 Å². The van der Waals surface area contributed by atoms with E-state index < -0.39 is 53.8 Å². The average molecular weight is 541 g/mol. The van der Waals surface area contributed by atoms with Crippen molar-refractivity contribution in [2.45, 2.75) is 71.7 Å². The van der Waals surface area contributed by atoms with E-state index in [2.05, 4.69) is 21.3 Å². The van der Waals surface area contributed by atoms with Crippen LogP contribution >= 0.6 is 21.6 Å². The van der Waals surface area contributed by atoms with Crippen LogP contribution in [0.1, 0.15) is 47.5 Å². The Morgan fingerprint density at radius 1 is 0.944 bits per heavy atom. The predicted octanol–water partition coefficient (Wildman–Crippen LogP) is 1.43. The average Bonchev–Trinajstić information content (AvgIpc) is 2.81. The summed E-state index contributed by atoms with van der Waals surface area (Å²) >= 11 is 0. The Kier molecular flexibility index (Phi) is 11.8. The Morgan fingerprint density at radius 2 is 1.64 bits per heavy atom. The molecule has 2 aliphatic heterocycles. The van der Waals surface area contributed by atoms with Gasteiger partial charge in [0, 0.05) is 11.5 Å². The van der Waals surface area contributed by atoms with Gasteiger partial charge in [-0.3, -0.25) is 19.2 Å². The minimum Gasteiger partial charge on any atom is -0.456 e. The molecule has 0 aromatic carbocycles. The monoisotopic (exact) mass is 540 g/mol. The van der Waals surface area contributed by atoms with Crippen LogP contribution in [-0.4, -0.2) is 65.3 Å². The number of hydrogen-bond donors (Lipinski definition) is 4. The van der Waals surface area contributed by atoms with Crippen molar-refractivity contribution in [1.82, 2.24) is 21.3 Å². The molecule has 4 atom stereocenters. The number of fused-ring (bicyclic) bond motifs is 7. The van der Waals surface area contributed by atoms with Gasteiger partial charge in [-0.05, 0) is 31.3 Å². The number of amides is 4. The minimum absolute atomic E-state index is 0.0445. The zero-order chi connectivity index (χ0) is 26.8. The minimum atomic E-state index is -1.00. The first-order valence-corrected chi connectivity index (χ1v) is 14.5. The number of esters is 1. The third-order valence-corrected chi connectivity index (χ3v) is 8.03. The van der Waals surface area contributed by atoms with Crippen molar-refractivity contribution in [1.29, 1.82) is 0 Å². The molecule has 1 saturated heterocycles. The standard InChI is InChI=1S/C24H36N4O6S2/c1-6-16-21(30)28-20(14(4)5)24(33)34-15-9-7-8-10-35-36-12-17(22(31)25-16)26-23(32)19(13(2)3)27-18(29)11-15/h6-7,9,13-15,17,19-20H,8,10-12H2,1-5H3,(H,25,31)(H,26,32)(H,27,29)(H,28,30)/b9-7+,16-6-/t15-,17-,19?,20?/m1/s1. The van der Waals surface area contributed by atoms with Crippen molar-refractivity contribution < 1.29 is 28.7 Å². The smallest absolute Gasteiger partial charge is 0.329 e. The molecular weight excluding hydrogens is 504 g/mol. The number of hydrogen-bond acceptors (Lipinski definition) is 8. The molecule has 2 bridgehead atoms. The molecule has 2 heterocycles. The van der Waals surface area contributed by atoms with Crippen LogP contribution in [-0.2, 0) is 28.7 Å². The molecule has 1 fully saturated rings. The van der Waals surface area contributed by atoms with E-state index in [1.54, 1.807) is 40.7 Å². The topological polar surface area (TPSA) is 143 Å². The lowest BCUT2D eigenvalue weighted by atomic mass is 10.0. The second-order valence-corrected chi connectivity index (χ2v) is 11.9. The van der Waals surface area contributed by atoms with E-state index in [1.165, 1.54) is 27.7 Å². The second-order valence-electron chi connectivity index (χ2n) is 9.24. The van der Waals surface area contributed by atoms with Gasteiger partial charge in [0.2, 0.25) is 17.7 Å². The molecule has 4 amide bonds. The van der Waals surface area contributed by atoms with Crippen molar-refractivity contribution in [3.05, 3.63) is 23.9 Å². The zero-order valence-corrected chi connectivity index (χ0v) is 22.9. The molecule has 2 aliphatic rings. The van der Waals surface area contributed by atoms with Crippen LogP contribution in [0, 0.1) is 11.8 Å². The lowest BCUT2D eigenvalue weighted by molar-refractivity contribution is -0.153. The number of nitrogens with one attached hydrogen (secondary N) is 4. The molecule has 10 nitrogen and oxygen atoms in total. The predicted molar refractivity (Wildman–Crippen MR) is 141 cm³/mol. The van der Waals surface area contributed by atoms with Gasteiger partial charge in [0.25, 0.3) is 5.91 Å². The highest BCUT2D eigenvalue weighted by atomic mass is 33.1. The van der Waals surface area contributed by atoms with Crippen LogP contribution in [0.2, 0.25) is 0 Å². The number of allylic oxidation sites excluding steroid dienone is 2. The molecule has 36 heavy (non-hydrogen) atoms. The van der Waals surface area contributed by atoms with Gasteiger partial charge in [0.05, 0.1) is 6.42 Å². The Morgan fingerprint density at radius 3 is 2.28 bits per heavy atom. The molecule has 0 aromatic rings. The molecule has 2 rings (SSSR count). The molecule has 0 aliphatic carbocycles. The van der Waals surface area contributed by atoms with Crippen LogP contribution < -0.4 is 21.3 Å². The Balaban J connectivity index is 2.55. The zero-order valence-electron chi connectivity index (χ0n) is 21.3. The van der Waals surface area contributed by atoms with Crippen LogP contribution in [0.15, 0.2) is 23.9 Å². The molecule has 2 unspecified atom stereocenters. The van der Waals surface area contributed by atoms with Gasteiger partial charge in [0.1, 0.15) is 29.9 Å². The number of carbonyl (C=O) groups is 5. The van der Waals surface area contributed by atoms with E-state index in [-0.39, 0.29) is 29.7 Å². The number of rotatable bonds is 2. The summed E-state index contributed by atoms with van der Waals surface area (Å²) in [6.45, 7) is 8.66. The summed E-state index contributed by atoms with van der Waals surface area (Å²) in [5.41, 5.74) is -0.0445.